The van der Waals surface area contributed by atoms with E-state index in [0.29, 0.717) is 18.7 Å². The molecule has 0 aliphatic carbocycles. The van der Waals surface area contributed by atoms with E-state index in [1.165, 1.54) is 13.0 Å². The van der Waals surface area contributed by atoms with Crippen LogP contribution in [0, 0.1) is 6.92 Å². The van der Waals surface area contributed by atoms with Gasteiger partial charge in [0.05, 0.1) is 10.9 Å². The molecule has 170 valence electrons. The number of amides is 3. The molecule has 9 heteroatoms. The average molecular weight is 457 g/mol. The van der Waals surface area contributed by atoms with E-state index in [2.05, 4.69) is 10.0 Å². The molecule has 4 rings (SSSR count). The molecule has 2 aliphatic rings. The Morgan fingerprint density at radius 1 is 1.00 bits per heavy atom. The van der Waals surface area contributed by atoms with Crippen LogP contribution in [0.2, 0.25) is 0 Å². The molecule has 0 unspecified atom stereocenters. The minimum absolute atomic E-state index is 0.0172. The Bertz CT molecular complexity index is 1130. The number of benzene rings is 2. The molecule has 3 amide bonds. The van der Waals surface area contributed by atoms with Gasteiger partial charge in [-0.05, 0) is 69.0 Å². The van der Waals surface area contributed by atoms with Crippen LogP contribution in [-0.4, -0.2) is 50.9 Å². The third kappa shape index (κ3) is 4.63. The number of likely N-dealkylation sites (tertiary alicyclic amines) is 1. The largest absolute Gasteiger partial charge is 0.325 e. The van der Waals surface area contributed by atoms with Crippen LogP contribution in [-0.2, 0) is 21.2 Å². The summed E-state index contributed by atoms with van der Waals surface area (Å²) in [5, 5.41) is 2.71. The van der Waals surface area contributed by atoms with Crippen molar-refractivity contribution in [3.05, 3.63) is 53.6 Å². The fourth-order valence-electron chi connectivity index (χ4n) is 4.06. The average Bonchev–Trinajstić information content (AvgIpc) is 3.44. The summed E-state index contributed by atoms with van der Waals surface area (Å²) in [6, 6.07) is 11.1. The Labute approximate surface area is 188 Å². The first kappa shape index (κ1) is 22.3. The number of sulfonamides is 1. The number of nitrogens with one attached hydrogen (secondary N) is 2. The Kier molecular flexibility index (Phi) is 6.21. The molecule has 1 atom stereocenters. The minimum Gasteiger partial charge on any atom is -0.325 e. The van der Waals surface area contributed by atoms with E-state index in [0.717, 1.165) is 42.7 Å². The molecular weight excluding hydrogens is 428 g/mol. The van der Waals surface area contributed by atoms with Gasteiger partial charge in [0.1, 0.15) is 0 Å². The maximum absolute atomic E-state index is 12.9. The van der Waals surface area contributed by atoms with Crippen molar-refractivity contribution >= 4 is 33.3 Å². The van der Waals surface area contributed by atoms with E-state index in [1.54, 1.807) is 29.2 Å². The van der Waals surface area contributed by atoms with Crippen LogP contribution in [0.4, 0.5) is 16.2 Å². The number of anilines is 2. The lowest BCUT2D eigenvalue weighted by molar-refractivity contribution is -0.117. The molecule has 2 heterocycles. The molecule has 2 aromatic rings. The monoisotopic (exact) mass is 456 g/mol. The molecule has 0 aromatic heterocycles. The summed E-state index contributed by atoms with van der Waals surface area (Å²) in [4.78, 5) is 28.9. The van der Waals surface area contributed by atoms with Crippen LogP contribution in [0.25, 0.3) is 0 Å². The van der Waals surface area contributed by atoms with Crippen molar-refractivity contribution in [1.29, 1.82) is 0 Å². The fourth-order valence-corrected chi connectivity index (χ4v) is 5.32. The highest BCUT2D eigenvalue weighted by atomic mass is 32.2. The van der Waals surface area contributed by atoms with E-state index < -0.39 is 22.0 Å². The summed E-state index contributed by atoms with van der Waals surface area (Å²) in [6.45, 7) is 5.52. The van der Waals surface area contributed by atoms with Crippen LogP contribution in [0.15, 0.2) is 47.4 Å². The van der Waals surface area contributed by atoms with Crippen LogP contribution in [0.5, 0.6) is 0 Å². The lowest BCUT2D eigenvalue weighted by atomic mass is 10.2. The second-order valence-corrected chi connectivity index (χ2v) is 10.1. The van der Waals surface area contributed by atoms with Crippen molar-refractivity contribution in [3.63, 3.8) is 0 Å². The summed E-state index contributed by atoms with van der Waals surface area (Å²) in [5.41, 5.74) is 3.24. The number of nitrogens with zero attached hydrogens (tertiary/aromatic N) is 2. The summed E-state index contributed by atoms with van der Waals surface area (Å²) in [5.74, 6) is -0.444. The van der Waals surface area contributed by atoms with E-state index in [1.807, 2.05) is 24.0 Å². The standard InChI is InChI=1S/C23H28N4O4S/c1-16-5-7-19(8-6-16)24-22(28)17(2)25-32(30,31)20-9-10-21-18(15-20)11-14-27(21)23(29)26-12-3-4-13-26/h5-10,15,17,25H,3-4,11-14H2,1-2H3,(H,24,28)/t17-/m1/s1. The quantitative estimate of drug-likeness (QED) is 0.723. The number of urea groups is 1. The third-order valence-corrected chi connectivity index (χ3v) is 7.45. The lowest BCUT2D eigenvalue weighted by Crippen LogP contribution is -2.41. The Morgan fingerprint density at radius 3 is 2.38 bits per heavy atom. The van der Waals surface area contributed by atoms with Gasteiger partial charge in [0, 0.05) is 31.0 Å². The van der Waals surface area contributed by atoms with Gasteiger partial charge in [-0.25, -0.2) is 13.2 Å². The fraction of sp³-hybridized carbons (Fsp3) is 0.391. The lowest BCUT2D eigenvalue weighted by Gasteiger charge is -2.24. The molecule has 2 aliphatic heterocycles. The van der Waals surface area contributed by atoms with Gasteiger partial charge in [0.25, 0.3) is 0 Å². The zero-order valence-corrected chi connectivity index (χ0v) is 19.1. The molecule has 0 saturated carbocycles. The van der Waals surface area contributed by atoms with E-state index >= 15 is 0 Å². The van der Waals surface area contributed by atoms with Gasteiger partial charge >= 0.3 is 6.03 Å². The predicted molar refractivity (Wildman–Crippen MR) is 123 cm³/mol. The number of rotatable bonds is 5. The van der Waals surface area contributed by atoms with Gasteiger partial charge in [-0.1, -0.05) is 17.7 Å². The Balaban J connectivity index is 1.44. The molecule has 0 bridgehead atoms. The molecule has 1 saturated heterocycles. The SMILES string of the molecule is Cc1ccc(NC(=O)[C@@H](C)NS(=O)(=O)c2ccc3c(c2)CCN3C(=O)N2CCCC2)cc1. The molecule has 2 N–H and O–H groups in total. The van der Waals surface area contributed by atoms with Gasteiger partial charge < -0.3 is 10.2 Å². The number of carbonyl (C=O) groups is 2. The van der Waals surface area contributed by atoms with Gasteiger partial charge in [-0.15, -0.1) is 0 Å². The maximum atomic E-state index is 12.9. The summed E-state index contributed by atoms with van der Waals surface area (Å²) in [6.07, 6.45) is 2.64. The van der Waals surface area contributed by atoms with E-state index in [9.17, 15) is 18.0 Å². The number of fused-ring (bicyclic) bond motifs is 1. The molecule has 0 spiro atoms. The first-order valence-corrected chi connectivity index (χ1v) is 12.3. The Hall–Kier alpha value is -2.91. The van der Waals surface area contributed by atoms with Crippen LogP contribution in [0.1, 0.15) is 30.9 Å². The minimum atomic E-state index is -3.90. The number of hydrogen-bond acceptors (Lipinski definition) is 4. The van der Waals surface area contributed by atoms with Crippen LogP contribution < -0.4 is 14.9 Å². The second-order valence-electron chi connectivity index (χ2n) is 8.37. The van der Waals surface area contributed by atoms with Crippen molar-refractivity contribution in [2.75, 3.05) is 29.9 Å². The zero-order valence-electron chi connectivity index (χ0n) is 18.3. The number of carbonyl (C=O) groups excluding carboxylic acids is 2. The molecule has 2 aromatic carbocycles. The van der Waals surface area contributed by atoms with Gasteiger partial charge in [-0.2, -0.15) is 4.72 Å². The predicted octanol–water partition coefficient (Wildman–Crippen LogP) is 2.88. The third-order valence-electron chi connectivity index (χ3n) is 5.91. The molecule has 32 heavy (non-hydrogen) atoms. The van der Waals surface area contributed by atoms with Crippen molar-refractivity contribution in [2.45, 2.75) is 44.0 Å². The van der Waals surface area contributed by atoms with Crippen LogP contribution in [0.3, 0.4) is 0 Å². The van der Waals surface area contributed by atoms with Crippen molar-refractivity contribution in [1.82, 2.24) is 9.62 Å². The van der Waals surface area contributed by atoms with Gasteiger partial charge in [0.15, 0.2) is 0 Å². The van der Waals surface area contributed by atoms with Crippen molar-refractivity contribution < 1.29 is 18.0 Å². The number of aryl methyl sites for hydroxylation is 1. The van der Waals surface area contributed by atoms with E-state index in [-0.39, 0.29) is 10.9 Å². The van der Waals surface area contributed by atoms with Crippen molar-refractivity contribution in [2.24, 2.45) is 0 Å². The highest BCUT2D eigenvalue weighted by Gasteiger charge is 2.31. The first-order chi connectivity index (χ1) is 15.2. The maximum Gasteiger partial charge on any atom is 0.324 e. The van der Waals surface area contributed by atoms with Crippen molar-refractivity contribution in [3.8, 4) is 0 Å². The zero-order chi connectivity index (χ0) is 22.9. The molecular formula is C23H28N4O4S. The molecule has 8 nitrogen and oxygen atoms in total. The molecule has 0 radical (unpaired) electrons. The normalized spacial score (nSPS) is 16.7. The second kappa shape index (κ2) is 8.91. The van der Waals surface area contributed by atoms with Gasteiger partial charge in [-0.3, -0.25) is 9.69 Å². The highest BCUT2D eigenvalue weighted by Crippen LogP contribution is 2.31. The number of hydrogen-bond donors (Lipinski definition) is 2. The Morgan fingerprint density at radius 2 is 1.69 bits per heavy atom. The summed E-state index contributed by atoms with van der Waals surface area (Å²) in [7, 11) is -3.90. The highest BCUT2D eigenvalue weighted by molar-refractivity contribution is 7.89. The topological polar surface area (TPSA) is 98.8 Å². The van der Waals surface area contributed by atoms with Crippen LogP contribution >= 0.6 is 0 Å². The summed E-state index contributed by atoms with van der Waals surface area (Å²) < 4.78 is 28.2. The summed E-state index contributed by atoms with van der Waals surface area (Å²) >= 11 is 0. The smallest absolute Gasteiger partial charge is 0.324 e. The first-order valence-electron chi connectivity index (χ1n) is 10.8. The van der Waals surface area contributed by atoms with Gasteiger partial charge in [0.2, 0.25) is 15.9 Å². The van der Waals surface area contributed by atoms with E-state index in [4.69, 9.17) is 0 Å². The molecule has 1 fully saturated rings.